The SMILES string of the molecule is CC1(C)NC(=O)N(CCOc2ccccc2N)C1=O. The molecule has 6 nitrogen and oxygen atoms in total. The molecule has 0 unspecified atom stereocenters. The highest BCUT2D eigenvalue weighted by Crippen LogP contribution is 2.20. The summed E-state index contributed by atoms with van der Waals surface area (Å²) in [4.78, 5) is 24.7. The van der Waals surface area contributed by atoms with Gasteiger partial charge in [-0.3, -0.25) is 9.69 Å². The average molecular weight is 263 g/mol. The normalized spacial score (nSPS) is 17.5. The van der Waals surface area contributed by atoms with Crippen molar-refractivity contribution in [2.24, 2.45) is 0 Å². The Kier molecular flexibility index (Phi) is 3.33. The van der Waals surface area contributed by atoms with Gasteiger partial charge in [0.1, 0.15) is 17.9 Å². The van der Waals surface area contributed by atoms with Crippen LogP contribution >= 0.6 is 0 Å². The van der Waals surface area contributed by atoms with E-state index >= 15 is 0 Å². The zero-order chi connectivity index (χ0) is 14.0. The molecule has 0 radical (unpaired) electrons. The molecule has 0 spiro atoms. The van der Waals surface area contributed by atoms with Crippen molar-refractivity contribution in [2.75, 3.05) is 18.9 Å². The highest BCUT2D eigenvalue weighted by molar-refractivity contribution is 6.06. The fourth-order valence-corrected chi connectivity index (χ4v) is 1.88. The van der Waals surface area contributed by atoms with Gasteiger partial charge in [-0.1, -0.05) is 12.1 Å². The lowest BCUT2D eigenvalue weighted by Gasteiger charge is -2.16. The molecule has 0 aromatic heterocycles. The number of imide groups is 1. The summed E-state index contributed by atoms with van der Waals surface area (Å²) < 4.78 is 5.46. The van der Waals surface area contributed by atoms with E-state index in [1.165, 1.54) is 0 Å². The molecule has 0 aliphatic carbocycles. The van der Waals surface area contributed by atoms with Gasteiger partial charge in [-0.05, 0) is 26.0 Å². The van der Waals surface area contributed by atoms with Crippen LogP contribution in [-0.4, -0.2) is 35.5 Å². The second kappa shape index (κ2) is 4.79. The van der Waals surface area contributed by atoms with E-state index in [4.69, 9.17) is 10.5 Å². The van der Waals surface area contributed by atoms with E-state index in [-0.39, 0.29) is 25.1 Å². The Hall–Kier alpha value is -2.24. The molecule has 6 heteroatoms. The average Bonchev–Trinajstić information content (AvgIpc) is 2.53. The summed E-state index contributed by atoms with van der Waals surface area (Å²) >= 11 is 0. The molecule has 102 valence electrons. The van der Waals surface area contributed by atoms with Crippen LogP contribution in [0.5, 0.6) is 5.75 Å². The number of nitrogens with one attached hydrogen (secondary N) is 1. The molecule has 1 saturated heterocycles. The van der Waals surface area contributed by atoms with E-state index in [0.29, 0.717) is 11.4 Å². The van der Waals surface area contributed by atoms with Crippen molar-refractivity contribution in [3.8, 4) is 5.75 Å². The third kappa shape index (κ3) is 2.62. The Balaban J connectivity index is 1.92. The highest BCUT2D eigenvalue weighted by Gasteiger charge is 2.43. The minimum atomic E-state index is -0.844. The zero-order valence-electron chi connectivity index (χ0n) is 11.0. The fourth-order valence-electron chi connectivity index (χ4n) is 1.88. The first-order valence-corrected chi connectivity index (χ1v) is 6.03. The summed E-state index contributed by atoms with van der Waals surface area (Å²) in [5.74, 6) is 0.302. The summed E-state index contributed by atoms with van der Waals surface area (Å²) in [6.07, 6.45) is 0. The lowest BCUT2D eigenvalue weighted by atomic mass is 10.1. The number of urea groups is 1. The van der Waals surface area contributed by atoms with Crippen LogP contribution in [0.25, 0.3) is 0 Å². The van der Waals surface area contributed by atoms with Gasteiger partial charge < -0.3 is 15.8 Å². The highest BCUT2D eigenvalue weighted by atomic mass is 16.5. The first-order chi connectivity index (χ1) is 8.92. The van der Waals surface area contributed by atoms with Gasteiger partial charge in [0.25, 0.3) is 5.91 Å². The Labute approximate surface area is 111 Å². The molecule has 0 atom stereocenters. The number of hydrogen-bond acceptors (Lipinski definition) is 4. The number of benzene rings is 1. The smallest absolute Gasteiger partial charge is 0.325 e. The quantitative estimate of drug-likeness (QED) is 0.626. The molecule has 1 aromatic carbocycles. The van der Waals surface area contributed by atoms with Gasteiger partial charge in [0.2, 0.25) is 0 Å². The number of carbonyl (C=O) groups excluding carboxylic acids is 2. The standard InChI is InChI=1S/C13H17N3O3/c1-13(2)11(17)16(12(18)15-13)7-8-19-10-6-4-3-5-9(10)14/h3-6H,7-8,14H2,1-2H3,(H,15,18). The number of rotatable bonds is 4. The van der Waals surface area contributed by atoms with Crippen molar-refractivity contribution < 1.29 is 14.3 Å². The first-order valence-electron chi connectivity index (χ1n) is 6.03. The van der Waals surface area contributed by atoms with Crippen LogP contribution in [0.3, 0.4) is 0 Å². The topological polar surface area (TPSA) is 84.7 Å². The number of carbonyl (C=O) groups is 2. The van der Waals surface area contributed by atoms with Crippen molar-refractivity contribution in [3.05, 3.63) is 24.3 Å². The maximum atomic E-state index is 11.9. The van der Waals surface area contributed by atoms with Gasteiger partial charge in [0.05, 0.1) is 12.2 Å². The molecule has 1 fully saturated rings. The molecule has 3 amide bonds. The van der Waals surface area contributed by atoms with Crippen LogP contribution in [0, 0.1) is 0 Å². The minimum Gasteiger partial charge on any atom is -0.490 e. The molecular weight excluding hydrogens is 246 g/mol. The maximum absolute atomic E-state index is 11.9. The number of ether oxygens (including phenoxy) is 1. The molecule has 2 rings (SSSR count). The van der Waals surface area contributed by atoms with E-state index in [0.717, 1.165) is 4.90 Å². The number of anilines is 1. The summed E-state index contributed by atoms with van der Waals surface area (Å²) in [7, 11) is 0. The van der Waals surface area contributed by atoms with Crippen LogP contribution in [0.2, 0.25) is 0 Å². The third-order valence-corrected chi connectivity index (χ3v) is 2.94. The number of para-hydroxylation sites is 2. The van der Waals surface area contributed by atoms with Crippen LogP contribution in [0.4, 0.5) is 10.5 Å². The second-order valence-electron chi connectivity index (χ2n) is 4.90. The predicted molar refractivity (Wildman–Crippen MR) is 70.7 cm³/mol. The van der Waals surface area contributed by atoms with E-state index in [9.17, 15) is 9.59 Å². The molecule has 1 heterocycles. The first kappa shape index (κ1) is 13.2. The molecule has 0 saturated carbocycles. The molecule has 0 bridgehead atoms. The minimum absolute atomic E-state index is 0.197. The van der Waals surface area contributed by atoms with Crippen molar-refractivity contribution in [3.63, 3.8) is 0 Å². The summed E-state index contributed by atoms with van der Waals surface area (Å²) in [6.45, 7) is 3.75. The van der Waals surface area contributed by atoms with Gasteiger partial charge >= 0.3 is 6.03 Å². The van der Waals surface area contributed by atoms with Gasteiger partial charge in [-0.15, -0.1) is 0 Å². The molecule has 1 aliphatic heterocycles. The van der Waals surface area contributed by atoms with Crippen molar-refractivity contribution in [2.45, 2.75) is 19.4 Å². The van der Waals surface area contributed by atoms with Gasteiger partial charge in [0.15, 0.2) is 0 Å². The molecule has 19 heavy (non-hydrogen) atoms. The van der Waals surface area contributed by atoms with Crippen LogP contribution in [0.15, 0.2) is 24.3 Å². The Morgan fingerprint density at radius 1 is 1.32 bits per heavy atom. The Morgan fingerprint density at radius 2 is 2.00 bits per heavy atom. The van der Waals surface area contributed by atoms with E-state index in [2.05, 4.69) is 5.32 Å². The van der Waals surface area contributed by atoms with E-state index in [1.807, 2.05) is 12.1 Å². The number of amides is 3. The van der Waals surface area contributed by atoms with Gasteiger partial charge in [-0.25, -0.2) is 4.79 Å². The van der Waals surface area contributed by atoms with Gasteiger partial charge in [-0.2, -0.15) is 0 Å². The largest absolute Gasteiger partial charge is 0.490 e. The Morgan fingerprint density at radius 3 is 2.58 bits per heavy atom. The van der Waals surface area contributed by atoms with Crippen molar-refractivity contribution >= 4 is 17.6 Å². The molecule has 1 aliphatic rings. The van der Waals surface area contributed by atoms with Crippen LogP contribution in [-0.2, 0) is 4.79 Å². The Bertz CT molecular complexity index is 514. The van der Waals surface area contributed by atoms with Crippen molar-refractivity contribution in [1.82, 2.24) is 10.2 Å². The fraction of sp³-hybridized carbons (Fsp3) is 0.385. The maximum Gasteiger partial charge on any atom is 0.325 e. The lowest BCUT2D eigenvalue weighted by molar-refractivity contribution is -0.130. The summed E-state index contributed by atoms with van der Waals surface area (Å²) in [5, 5.41) is 2.61. The van der Waals surface area contributed by atoms with Gasteiger partial charge in [0, 0.05) is 0 Å². The van der Waals surface area contributed by atoms with Crippen LogP contribution < -0.4 is 15.8 Å². The monoisotopic (exact) mass is 263 g/mol. The molecular formula is C13H17N3O3. The molecule has 1 aromatic rings. The molecule has 3 N–H and O–H groups in total. The number of nitrogens with zero attached hydrogens (tertiary/aromatic N) is 1. The number of nitrogens with two attached hydrogens (primary N) is 1. The van der Waals surface area contributed by atoms with E-state index in [1.54, 1.807) is 26.0 Å². The lowest BCUT2D eigenvalue weighted by Crippen LogP contribution is -2.40. The predicted octanol–water partition coefficient (Wildman–Crippen LogP) is 0.978. The second-order valence-corrected chi connectivity index (χ2v) is 4.90. The van der Waals surface area contributed by atoms with Crippen LogP contribution in [0.1, 0.15) is 13.8 Å². The zero-order valence-corrected chi connectivity index (χ0v) is 11.0. The third-order valence-electron chi connectivity index (χ3n) is 2.94. The summed E-state index contributed by atoms with van der Waals surface area (Å²) in [5.41, 5.74) is 5.41. The summed E-state index contributed by atoms with van der Waals surface area (Å²) in [6, 6.07) is 6.70. The van der Waals surface area contributed by atoms with E-state index < -0.39 is 5.54 Å². The number of hydrogen-bond donors (Lipinski definition) is 2. The van der Waals surface area contributed by atoms with Crippen molar-refractivity contribution in [1.29, 1.82) is 0 Å². The number of nitrogen functional groups attached to an aromatic ring is 1.